The number of rotatable bonds is 2. The zero-order valence-electron chi connectivity index (χ0n) is 13.5. The van der Waals surface area contributed by atoms with Gasteiger partial charge in [0.25, 0.3) is 5.91 Å². The zero-order chi connectivity index (χ0) is 16.6. The molecule has 124 valence electrons. The van der Waals surface area contributed by atoms with Gasteiger partial charge in [0, 0.05) is 43.8 Å². The Kier molecular flexibility index (Phi) is 4.35. The summed E-state index contributed by atoms with van der Waals surface area (Å²) in [5.41, 5.74) is 0.650. The first kappa shape index (κ1) is 15.9. The molecule has 2 amide bonds. The quantitative estimate of drug-likeness (QED) is 0.904. The lowest BCUT2D eigenvalue weighted by Gasteiger charge is -2.36. The van der Waals surface area contributed by atoms with Crippen LogP contribution in [0.3, 0.4) is 0 Å². The van der Waals surface area contributed by atoms with E-state index >= 15 is 0 Å². The second-order valence-corrected chi connectivity index (χ2v) is 6.49. The number of nitrogens with one attached hydrogen (secondary N) is 1. The zero-order valence-corrected chi connectivity index (χ0v) is 13.5. The van der Waals surface area contributed by atoms with Gasteiger partial charge in [-0.15, -0.1) is 0 Å². The summed E-state index contributed by atoms with van der Waals surface area (Å²) >= 11 is 0. The van der Waals surface area contributed by atoms with Crippen molar-refractivity contribution in [1.82, 2.24) is 10.2 Å². The summed E-state index contributed by atoms with van der Waals surface area (Å²) in [6.07, 6.45) is 1.31. The van der Waals surface area contributed by atoms with Gasteiger partial charge in [-0.05, 0) is 38.5 Å². The van der Waals surface area contributed by atoms with Gasteiger partial charge in [-0.2, -0.15) is 0 Å². The lowest BCUT2D eigenvalue weighted by Crippen LogP contribution is -2.55. The third-order valence-corrected chi connectivity index (χ3v) is 4.41. The standard InChI is InChI=1S/C17H22FN3O2/c1-11-9-20(10-12(2)19-11)17(23)14-8-13(5-6-15(14)18)21-7-3-4-16(21)22/h5-6,8,11-12,19H,3-4,7,9-10H2,1-2H3/t11-,12-/m1/s1. The molecular weight excluding hydrogens is 297 g/mol. The fourth-order valence-corrected chi connectivity index (χ4v) is 3.43. The molecule has 0 aliphatic carbocycles. The van der Waals surface area contributed by atoms with Crippen LogP contribution in [0.2, 0.25) is 0 Å². The molecule has 3 rings (SSSR count). The maximum atomic E-state index is 14.2. The molecule has 5 nitrogen and oxygen atoms in total. The second kappa shape index (κ2) is 6.28. The first-order chi connectivity index (χ1) is 11.0. The molecule has 2 aliphatic heterocycles. The van der Waals surface area contributed by atoms with Crippen LogP contribution < -0.4 is 10.2 Å². The highest BCUT2D eigenvalue weighted by Crippen LogP contribution is 2.25. The minimum absolute atomic E-state index is 0.0272. The minimum atomic E-state index is -0.538. The van der Waals surface area contributed by atoms with Crippen LogP contribution in [0, 0.1) is 5.82 Å². The van der Waals surface area contributed by atoms with E-state index in [1.54, 1.807) is 15.9 Å². The highest BCUT2D eigenvalue weighted by Gasteiger charge is 2.28. The molecule has 2 atom stereocenters. The molecule has 2 saturated heterocycles. The highest BCUT2D eigenvalue weighted by atomic mass is 19.1. The van der Waals surface area contributed by atoms with Gasteiger partial charge in [-0.3, -0.25) is 9.59 Å². The van der Waals surface area contributed by atoms with Gasteiger partial charge >= 0.3 is 0 Å². The monoisotopic (exact) mass is 319 g/mol. The van der Waals surface area contributed by atoms with Crippen molar-refractivity contribution in [3.05, 3.63) is 29.6 Å². The van der Waals surface area contributed by atoms with E-state index in [0.717, 1.165) is 6.42 Å². The molecule has 23 heavy (non-hydrogen) atoms. The molecule has 1 aromatic rings. The maximum Gasteiger partial charge on any atom is 0.257 e. The molecule has 2 fully saturated rings. The number of carbonyl (C=O) groups excluding carboxylic acids is 2. The Hall–Kier alpha value is -1.95. The summed E-state index contributed by atoms with van der Waals surface area (Å²) in [5.74, 6) is -0.820. The third kappa shape index (κ3) is 3.22. The average molecular weight is 319 g/mol. The Morgan fingerprint density at radius 3 is 2.57 bits per heavy atom. The molecule has 1 aromatic carbocycles. The van der Waals surface area contributed by atoms with Crippen molar-refractivity contribution in [2.45, 2.75) is 38.8 Å². The number of halogens is 1. The van der Waals surface area contributed by atoms with Crippen LogP contribution in [-0.4, -0.2) is 48.4 Å². The molecule has 0 bridgehead atoms. The number of hydrogen-bond acceptors (Lipinski definition) is 3. The predicted octanol–water partition coefficient (Wildman–Crippen LogP) is 1.77. The third-order valence-electron chi connectivity index (χ3n) is 4.41. The van der Waals surface area contributed by atoms with Crippen LogP contribution in [0.5, 0.6) is 0 Å². The van der Waals surface area contributed by atoms with Crippen molar-refractivity contribution in [2.75, 3.05) is 24.5 Å². The van der Waals surface area contributed by atoms with E-state index in [1.807, 2.05) is 13.8 Å². The number of benzene rings is 1. The lowest BCUT2D eigenvalue weighted by molar-refractivity contribution is -0.117. The molecule has 0 aromatic heterocycles. The maximum absolute atomic E-state index is 14.2. The fraction of sp³-hybridized carbons (Fsp3) is 0.529. The van der Waals surface area contributed by atoms with Crippen molar-refractivity contribution in [3.8, 4) is 0 Å². The van der Waals surface area contributed by atoms with E-state index in [0.29, 0.717) is 31.7 Å². The number of amides is 2. The van der Waals surface area contributed by atoms with E-state index in [-0.39, 0.29) is 29.5 Å². The van der Waals surface area contributed by atoms with Crippen LogP contribution in [0.4, 0.5) is 10.1 Å². The summed E-state index contributed by atoms with van der Waals surface area (Å²) < 4.78 is 14.2. The van der Waals surface area contributed by atoms with Crippen LogP contribution in [0.25, 0.3) is 0 Å². The normalized spacial score (nSPS) is 25.1. The lowest BCUT2D eigenvalue weighted by atomic mass is 10.1. The van der Waals surface area contributed by atoms with Gasteiger partial charge in [0.05, 0.1) is 5.56 Å². The van der Waals surface area contributed by atoms with Gasteiger partial charge in [0.1, 0.15) is 5.82 Å². The number of hydrogen-bond donors (Lipinski definition) is 1. The van der Waals surface area contributed by atoms with E-state index in [4.69, 9.17) is 0 Å². The van der Waals surface area contributed by atoms with Crippen LogP contribution in [-0.2, 0) is 4.79 Å². The van der Waals surface area contributed by atoms with Crippen molar-refractivity contribution in [3.63, 3.8) is 0 Å². The fourth-order valence-electron chi connectivity index (χ4n) is 3.43. The van der Waals surface area contributed by atoms with E-state index in [9.17, 15) is 14.0 Å². The van der Waals surface area contributed by atoms with Gasteiger partial charge < -0.3 is 15.1 Å². The Morgan fingerprint density at radius 1 is 1.26 bits per heavy atom. The second-order valence-electron chi connectivity index (χ2n) is 6.49. The molecule has 1 N–H and O–H groups in total. The van der Waals surface area contributed by atoms with Gasteiger partial charge in [0.15, 0.2) is 0 Å². The van der Waals surface area contributed by atoms with Crippen molar-refractivity contribution in [2.24, 2.45) is 0 Å². The first-order valence-electron chi connectivity index (χ1n) is 8.11. The number of piperazine rings is 1. The summed E-state index contributed by atoms with van der Waals surface area (Å²) in [6, 6.07) is 4.71. The average Bonchev–Trinajstić information content (AvgIpc) is 2.92. The van der Waals surface area contributed by atoms with Crippen molar-refractivity contribution in [1.29, 1.82) is 0 Å². The summed E-state index contributed by atoms with van der Waals surface area (Å²) in [4.78, 5) is 27.9. The smallest absolute Gasteiger partial charge is 0.257 e. The van der Waals surface area contributed by atoms with Crippen LogP contribution in [0.15, 0.2) is 18.2 Å². The SMILES string of the molecule is C[C@@H]1CN(C(=O)c2cc(N3CCCC3=O)ccc2F)C[C@@H](C)N1. The van der Waals surface area contributed by atoms with Crippen molar-refractivity contribution < 1.29 is 14.0 Å². The van der Waals surface area contributed by atoms with Gasteiger partial charge in [0.2, 0.25) is 5.91 Å². The van der Waals surface area contributed by atoms with Gasteiger partial charge in [-0.1, -0.05) is 0 Å². The Bertz CT molecular complexity index is 624. The number of carbonyl (C=O) groups is 2. The predicted molar refractivity (Wildman–Crippen MR) is 86.0 cm³/mol. The van der Waals surface area contributed by atoms with Gasteiger partial charge in [-0.25, -0.2) is 4.39 Å². The van der Waals surface area contributed by atoms with Crippen LogP contribution in [0.1, 0.15) is 37.0 Å². The summed E-state index contributed by atoms with van der Waals surface area (Å²) in [6.45, 7) is 5.74. The topological polar surface area (TPSA) is 52.7 Å². The molecule has 0 spiro atoms. The van der Waals surface area contributed by atoms with Crippen LogP contribution >= 0.6 is 0 Å². The molecule has 6 heteroatoms. The number of nitrogens with zero attached hydrogens (tertiary/aromatic N) is 2. The molecule has 0 radical (unpaired) electrons. The minimum Gasteiger partial charge on any atom is -0.335 e. The molecule has 0 unspecified atom stereocenters. The van der Waals surface area contributed by atoms with E-state index in [1.165, 1.54) is 12.1 Å². The molecule has 0 saturated carbocycles. The number of anilines is 1. The Balaban J connectivity index is 1.86. The molecule has 2 aliphatic rings. The Labute approximate surface area is 135 Å². The van der Waals surface area contributed by atoms with Crippen molar-refractivity contribution >= 4 is 17.5 Å². The first-order valence-corrected chi connectivity index (χ1v) is 8.11. The van der Waals surface area contributed by atoms with E-state index in [2.05, 4.69) is 5.32 Å². The summed E-state index contributed by atoms with van der Waals surface area (Å²) in [5, 5.41) is 3.35. The molecular formula is C17H22FN3O2. The molecule has 2 heterocycles. The largest absolute Gasteiger partial charge is 0.335 e. The highest BCUT2D eigenvalue weighted by molar-refractivity contribution is 5.99. The summed E-state index contributed by atoms with van der Waals surface area (Å²) in [7, 11) is 0. The van der Waals surface area contributed by atoms with E-state index < -0.39 is 5.82 Å². The Morgan fingerprint density at radius 2 is 1.96 bits per heavy atom.